The number of halogens is 3. The van der Waals surface area contributed by atoms with E-state index in [9.17, 15) is 28.2 Å². The van der Waals surface area contributed by atoms with E-state index in [2.05, 4.69) is 5.32 Å². The summed E-state index contributed by atoms with van der Waals surface area (Å²) in [5.74, 6) is -1.57. The lowest BCUT2D eigenvalue weighted by atomic mass is 10.1. The summed E-state index contributed by atoms with van der Waals surface area (Å²) in [6.07, 6.45) is -0.0363. The van der Waals surface area contributed by atoms with Gasteiger partial charge in [-0.15, -0.1) is 11.8 Å². The summed E-state index contributed by atoms with van der Waals surface area (Å²) in [5.41, 5.74) is 0.594. The highest BCUT2D eigenvalue weighted by molar-refractivity contribution is 14.1. The lowest BCUT2D eigenvalue weighted by molar-refractivity contribution is -0.141. The number of aliphatic carboxylic acids is 1. The predicted molar refractivity (Wildman–Crippen MR) is 131 cm³/mol. The zero-order chi connectivity index (χ0) is 23.6. The molecular formula is C19H17Cl2IN2O6S2. The molecule has 0 bridgehead atoms. The van der Waals surface area contributed by atoms with Crippen LogP contribution in [0.3, 0.4) is 0 Å². The molecule has 0 unspecified atom stereocenters. The second-order valence-electron chi connectivity index (χ2n) is 6.83. The van der Waals surface area contributed by atoms with Gasteiger partial charge in [0, 0.05) is 28.8 Å². The third-order valence-corrected chi connectivity index (χ3v) is 9.06. The molecule has 8 nitrogen and oxygen atoms in total. The quantitative estimate of drug-likeness (QED) is 0.402. The van der Waals surface area contributed by atoms with Crippen molar-refractivity contribution in [2.45, 2.75) is 22.7 Å². The highest BCUT2D eigenvalue weighted by Gasteiger charge is 2.41. The fraction of sp³-hybridized carbons (Fsp3) is 0.263. The number of rotatable bonds is 7. The van der Waals surface area contributed by atoms with Gasteiger partial charge in [-0.05, 0) is 58.5 Å². The van der Waals surface area contributed by atoms with Gasteiger partial charge >= 0.3 is 5.97 Å². The molecule has 1 fully saturated rings. The number of nitrogens with zero attached hydrogens (tertiary/aromatic N) is 1. The van der Waals surface area contributed by atoms with Crippen LogP contribution in [-0.2, 0) is 26.0 Å². The van der Waals surface area contributed by atoms with Gasteiger partial charge in [0.2, 0.25) is 15.9 Å². The molecule has 13 heteroatoms. The minimum absolute atomic E-state index is 0.0363. The van der Waals surface area contributed by atoms with Crippen molar-refractivity contribution in [3.05, 3.63) is 55.6 Å². The van der Waals surface area contributed by atoms with Crippen LogP contribution in [0.5, 0.6) is 5.75 Å². The fourth-order valence-electron chi connectivity index (χ4n) is 3.08. The van der Waals surface area contributed by atoms with Crippen molar-refractivity contribution in [2.75, 3.05) is 12.3 Å². The molecule has 0 radical (unpaired) electrons. The van der Waals surface area contributed by atoms with Gasteiger partial charge in [0.25, 0.3) is 0 Å². The maximum absolute atomic E-state index is 13.1. The molecule has 3 N–H and O–H groups in total. The van der Waals surface area contributed by atoms with Crippen LogP contribution in [0.25, 0.3) is 0 Å². The highest BCUT2D eigenvalue weighted by Crippen LogP contribution is 2.32. The number of carboxylic acid groups (broad SMARTS) is 1. The lowest BCUT2D eigenvalue weighted by Crippen LogP contribution is -2.50. The molecule has 0 aliphatic carbocycles. The Morgan fingerprint density at radius 2 is 1.88 bits per heavy atom. The summed E-state index contributed by atoms with van der Waals surface area (Å²) in [6.45, 7) is 0.0725. The van der Waals surface area contributed by atoms with Crippen LogP contribution in [0, 0.1) is 3.57 Å². The van der Waals surface area contributed by atoms with Crippen LogP contribution >= 0.6 is 57.6 Å². The number of hydrogen-bond donors (Lipinski definition) is 3. The third kappa shape index (κ3) is 5.81. The summed E-state index contributed by atoms with van der Waals surface area (Å²) in [7, 11) is -4.10. The van der Waals surface area contributed by atoms with Crippen LogP contribution in [0.2, 0.25) is 10.0 Å². The monoisotopic (exact) mass is 630 g/mol. The van der Waals surface area contributed by atoms with Crippen molar-refractivity contribution in [1.29, 1.82) is 0 Å². The maximum Gasteiger partial charge on any atom is 0.326 e. The zero-order valence-electron chi connectivity index (χ0n) is 16.2. The number of aromatic hydroxyl groups is 1. The molecule has 172 valence electrons. The summed E-state index contributed by atoms with van der Waals surface area (Å²) in [6, 6.07) is 7.21. The molecule has 2 atom stereocenters. The van der Waals surface area contributed by atoms with Gasteiger partial charge in [-0.2, -0.15) is 4.31 Å². The Bertz CT molecular complexity index is 1140. The molecular weight excluding hydrogens is 614 g/mol. The number of carboxylic acids is 1. The molecule has 1 aliphatic heterocycles. The topological polar surface area (TPSA) is 124 Å². The first-order valence-electron chi connectivity index (χ1n) is 9.09. The largest absolute Gasteiger partial charge is 0.507 e. The van der Waals surface area contributed by atoms with Gasteiger partial charge in [0.05, 0.1) is 8.47 Å². The van der Waals surface area contributed by atoms with E-state index in [4.69, 9.17) is 23.2 Å². The number of carbonyl (C=O) groups is 2. The van der Waals surface area contributed by atoms with Crippen molar-refractivity contribution < 1.29 is 28.2 Å². The van der Waals surface area contributed by atoms with Gasteiger partial charge in [-0.1, -0.05) is 29.3 Å². The second-order valence-corrected chi connectivity index (χ2v) is 11.9. The van der Waals surface area contributed by atoms with E-state index in [0.717, 1.165) is 16.1 Å². The first-order chi connectivity index (χ1) is 15.0. The molecule has 2 aromatic carbocycles. The van der Waals surface area contributed by atoms with E-state index in [0.29, 0.717) is 14.9 Å². The van der Waals surface area contributed by atoms with Gasteiger partial charge in [0.15, 0.2) is 0 Å². The molecule has 1 heterocycles. The average Bonchev–Trinajstić information content (AvgIpc) is 3.20. The van der Waals surface area contributed by atoms with E-state index in [1.54, 1.807) is 12.1 Å². The molecule has 32 heavy (non-hydrogen) atoms. The van der Waals surface area contributed by atoms with E-state index in [-0.39, 0.29) is 33.7 Å². The molecule has 0 saturated carbocycles. The first kappa shape index (κ1) is 25.4. The Labute approximate surface area is 212 Å². The zero-order valence-corrected chi connectivity index (χ0v) is 21.5. The Hall–Kier alpha value is -1.25. The molecule has 1 aliphatic rings. The molecule has 0 spiro atoms. The average molecular weight is 631 g/mol. The van der Waals surface area contributed by atoms with E-state index >= 15 is 0 Å². The molecule has 2 aromatic rings. The van der Waals surface area contributed by atoms with Crippen molar-refractivity contribution >= 4 is 79.5 Å². The third-order valence-electron chi connectivity index (χ3n) is 4.58. The Morgan fingerprint density at radius 3 is 2.47 bits per heavy atom. The van der Waals surface area contributed by atoms with Crippen molar-refractivity contribution in [3.63, 3.8) is 0 Å². The predicted octanol–water partition coefficient (Wildman–Crippen LogP) is 3.18. The molecule has 0 aromatic heterocycles. The minimum atomic E-state index is -4.10. The Balaban J connectivity index is 1.80. The Morgan fingerprint density at radius 1 is 1.22 bits per heavy atom. The highest BCUT2D eigenvalue weighted by atomic mass is 127. The lowest BCUT2D eigenvalue weighted by Gasteiger charge is -2.24. The number of sulfonamides is 1. The smallest absolute Gasteiger partial charge is 0.326 e. The van der Waals surface area contributed by atoms with Gasteiger partial charge < -0.3 is 15.5 Å². The molecule has 1 saturated heterocycles. The van der Waals surface area contributed by atoms with Crippen LogP contribution in [0.1, 0.15) is 5.56 Å². The van der Waals surface area contributed by atoms with E-state index < -0.39 is 33.3 Å². The maximum atomic E-state index is 13.1. The number of benzene rings is 2. The van der Waals surface area contributed by atoms with Crippen LogP contribution in [-0.4, -0.2) is 58.5 Å². The number of hydrogen-bond acceptors (Lipinski definition) is 6. The van der Waals surface area contributed by atoms with Gasteiger partial charge in [-0.3, -0.25) is 4.79 Å². The van der Waals surface area contributed by atoms with Gasteiger partial charge in [0.1, 0.15) is 17.2 Å². The van der Waals surface area contributed by atoms with Crippen LogP contribution in [0.4, 0.5) is 0 Å². The number of thioether (sulfide) groups is 1. The van der Waals surface area contributed by atoms with Crippen LogP contribution < -0.4 is 5.32 Å². The minimum Gasteiger partial charge on any atom is -0.507 e. The second kappa shape index (κ2) is 10.3. The van der Waals surface area contributed by atoms with Gasteiger partial charge in [-0.25, -0.2) is 13.2 Å². The number of phenols is 1. The number of amides is 1. The van der Waals surface area contributed by atoms with E-state index in [1.165, 1.54) is 24.3 Å². The van der Waals surface area contributed by atoms with Crippen molar-refractivity contribution in [3.8, 4) is 5.75 Å². The number of carbonyl (C=O) groups excluding carboxylic acids is 1. The van der Waals surface area contributed by atoms with Crippen molar-refractivity contribution in [1.82, 2.24) is 9.62 Å². The first-order valence-corrected chi connectivity index (χ1v) is 13.4. The standard InChI is InChI=1S/C19H17Cl2IN2O6S2/c20-11-7-12(21)9-13(8-11)32(29,30)24-3-4-31-18(24)17(26)23-15(19(27)28)6-10-1-2-16(25)14(22)5-10/h1-2,5,7-9,15,18,25H,3-4,6H2,(H,23,26)(H,27,28)/t15-,18-/m0/s1. The SMILES string of the molecule is O=C(O)[C@H](Cc1ccc(O)c(I)c1)NC(=O)[C@@H]1SCCN1S(=O)(=O)c1cc(Cl)cc(Cl)c1. The summed E-state index contributed by atoms with van der Waals surface area (Å²) in [4.78, 5) is 24.5. The summed E-state index contributed by atoms with van der Waals surface area (Å²) >= 11 is 14.9. The molecule has 1 amide bonds. The van der Waals surface area contributed by atoms with Crippen molar-refractivity contribution in [2.24, 2.45) is 0 Å². The normalized spacial score (nSPS) is 17.8. The van der Waals surface area contributed by atoms with E-state index in [1.807, 2.05) is 22.6 Å². The number of phenolic OH excluding ortho intramolecular Hbond substituents is 1. The fourth-order valence-corrected chi connectivity index (χ4v) is 7.47. The number of nitrogens with one attached hydrogen (secondary N) is 1. The summed E-state index contributed by atoms with van der Waals surface area (Å²) < 4.78 is 27.8. The summed E-state index contributed by atoms with van der Waals surface area (Å²) in [5, 5.41) is 20.8. The molecule has 3 rings (SSSR count). The Kier molecular flexibility index (Phi) is 8.20. The van der Waals surface area contributed by atoms with Crippen LogP contribution in [0.15, 0.2) is 41.3 Å².